The van der Waals surface area contributed by atoms with Crippen molar-refractivity contribution >= 4 is 11.5 Å². The molecular weight excluding hydrogens is 282 g/mol. The molecule has 2 aromatic rings. The second kappa shape index (κ2) is 7.60. The number of para-hydroxylation sites is 1. The van der Waals surface area contributed by atoms with Gasteiger partial charge in [0.05, 0.1) is 0 Å². The highest BCUT2D eigenvalue weighted by atomic mass is 15.2. The van der Waals surface area contributed by atoms with Crippen LogP contribution in [0.1, 0.15) is 44.2 Å². The molecule has 1 atom stereocenters. The van der Waals surface area contributed by atoms with Crippen LogP contribution in [-0.4, -0.2) is 30.0 Å². The Bertz CT molecular complexity index is 609. The summed E-state index contributed by atoms with van der Waals surface area (Å²) >= 11 is 0. The molecule has 2 heterocycles. The van der Waals surface area contributed by atoms with E-state index in [9.17, 15) is 0 Å². The van der Waals surface area contributed by atoms with E-state index in [1.165, 1.54) is 50.0 Å². The molecular formula is C20H27N3. The Labute approximate surface area is 140 Å². The molecule has 0 radical (unpaired) electrons. The van der Waals surface area contributed by atoms with Gasteiger partial charge in [0, 0.05) is 30.5 Å². The smallest absolute Gasteiger partial charge is 0.137 e. The number of hydrogen-bond donors (Lipinski definition) is 0. The van der Waals surface area contributed by atoms with Crippen molar-refractivity contribution in [3.8, 4) is 0 Å². The Balaban J connectivity index is 1.93. The number of benzene rings is 1. The summed E-state index contributed by atoms with van der Waals surface area (Å²) in [5.74, 6) is 1.09. The summed E-state index contributed by atoms with van der Waals surface area (Å²) < 4.78 is 0. The number of pyridine rings is 1. The summed E-state index contributed by atoms with van der Waals surface area (Å²) in [5, 5.41) is 0. The predicted molar refractivity (Wildman–Crippen MR) is 97.2 cm³/mol. The summed E-state index contributed by atoms with van der Waals surface area (Å²) in [6.07, 6.45) is 6.99. The average molecular weight is 309 g/mol. The number of nitrogens with zero attached hydrogens (tertiary/aromatic N) is 3. The second-order valence-electron chi connectivity index (χ2n) is 6.36. The molecule has 122 valence electrons. The lowest BCUT2D eigenvalue weighted by Crippen LogP contribution is -2.34. The van der Waals surface area contributed by atoms with Crippen LogP contribution in [0.3, 0.4) is 0 Å². The van der Waals surface area contributed by atoms with Crippen molar-refractivity contribution in [3.63, 3.8) is 0 Å². The lowest BCUT2D eigenvalue weighted by Gasteiger charge is -2.37. The molecule has 1 aromatic carbocycles. The monoisotopic (exact) mass is 309 g/mol. The Hall–Kier alpha value is -1.87. The van der Waals surface area contributed by atoms with Gasteiger partial charge < -0.3 is 4.90 Å². The summed E-state index contributed by atoms with van der Waals surface area (Å²) in [6, 6.07) is 15.3. The Kier molecular flexibility index (Phi) is 5.29. The molecule has 0 bridgehead atoms. The molecule has 0 N–H and O–H groups in total. The zero-order chi connectivity index (χ0) is 16.1. The highest BCUT2D eigenvalue weighted by Crippen LogP contribution is 2.36. The van der Waals surface area contributed by atoms with Gasteiger partial charge in [0.15, 0.2) is 0 Å². The highest BCUT2D eigenvalue weighted by Gasteiger charge is 2.26. The standard InChI is InChI=1S/C20H27N3/c1-3-15-23-16-8-7-13-19(23)18-12-9-14-21-20(18)22(2)17-10-5-4-6-11-17/h4-6,9-12,14,19H,3,7-8,13,15-16H2,1-2H3. The minimum absolute atomic E-state index is 0.499. The van der Waals surface area contributed by atoms with Gasteiger partial charge in [-0.15, -0.1) is 0 Å². The quantitative estimate of drug-likeness (QED) is 0.792. The Morgan fingerprint density at radius 1 is 1.13 bits per heavy atom. The molecule has 3 nitrogen and oxygen atoms in total. The van der Waals surface area contributed by atoms with Crippen LogP contribution < -0.4 is 4.90 Å². The average Bonchev–Trinajstić information content (AvgIpc) is 2.63. The molecule has 3 heteroatoms. The van der Waals surface area contributed by atoms with Gasteiger partial charge in [-0.3, -0.25) is 4.90 Å². The van der Waals surface area contributed by atoms with E-state index in [0.29, 0.717) is 6.04 Å². The SMILES string of the molecule is CCCN1CCCCC1c1cccnc1N(C)c1ccccc1. The van der Waals surface area contributed by atoms with Crippen LogP contribution >= 0.6 is 0 Å². The third-order valence-corrected chi connectivity index (χ3v) is 4.76. The van der Waals surface area contributed by atoms with E-state index in [1.54, 1.807) is 0 Å². The van der Waals surface area contributed by atoms with Crippen molar-refractivity contribution in [2.24, 2.45) is 0 Å². The van der Waals surface area contributed by atoms with Crippen LogP contribution in [-0.2, 0) is 0 Å². The molecule has 0 spiro atoms. The largest absolute Gasteiger partial charge is 0.329 e. The number of anilines is 2. The van der Waals surface area contributed by atoms with E-state index in [4.69, 9.17) is 4.98 Å². The number of hydrogen-bond acceptors (Lipinski definition) is 3. The first-order chi connectivity index (χ1) is 11.3. The van der Waals surface area contributed by atoms with E-state index in [2.05, 4.69) is 66.2 Å². The number of rotatable bonds is 5. The molecule has 3 rings (SSSR count). The van der Waals surface area contributed by atoms with Gasteiger partial charge in [-0.05, 0) is 50.6 Å². The van der Waals surface area contributed by atoms with Gasteiger partial charge in [-0.2, -0.15) is 0 Å². The van der Waals surface area contributed by atoms with E-state index in [-0.39, 0.29) is 0 Å². The van der Waals surface area contributed by atoms with Crippen LogP contribution in [0.5, 0.6) is 0 Å². The molecule has 1 saturated heterocycles. The molecule has 1 fully saturated rings. The predicted octanol–water partition coefficient (Wildman–Crippen LogP) is 4.79. The molecule has 1 unspecified atom stereocenters. The van der Waals surface area contributed by atoms with Crippen molar-refractivity contribution in [3.05, 3.63) is 54.2 Å². The van der Waals surface area contributed by atoms with Crippen molar-refractivity contribution in [2.45, 2.75) is 38.6 Å². The third kappa shape index (κ3) is 3.56. The van der Waals surface area contributed by atoms with Crippen molar-refractivity contribution in [1.82, 2.24) is 9.88 Å². The van der Waals surface area contributed by atoms with Crippen LogP contribution in [0.25, 0.3) is 0 Å². The summed E-state index contributed by atoms with van der Waals surface area (Å²) in [5.41, 5.74) is 2.55. The molecule has 0 aliphatic carbocycles. The zero-order valence-corrected chi connectivity index (χ0v) is 14.3. The van der Waals surface area contributed by atoms with Crippen LogP contribution in [0.2, 0.25) is 0 Å². The Morgan fingerprint density at radius 2 is 1.96 bits per heavy atom. The molecule has 23 heavy (non-hydrogen) atoms. The minimum atomic E-state index is 0.499. The fourth-order valence-electron chi connectivity index (χ4n) is 3.62. The fourth-order valence-corrected chi connectivity index (χ4v) is 3.62. The van der Waals surface area contributed by atoms with Crippen molar-refractivity contribution in [2.75, 3.05) is 25.0 Å². The second-order valence-corrected chi connectivity index (χ2v) is 6.36. The molecule has 1 aliphatic rings. The van der Waals surface area contributed by atoms with E-state index in [0.717, 1.165) is 5.82 Å². The summed E-state index contributed by atoms with van der Waals surface area (Å²) in [6.45, 7) is 4.65. The maximum Gasteiger partial charge on any atom is 0.137 e. The van der Waals surface area contributed by atoms with Gasteiger partial charge in [0.25, 0.3) is 0 Å². The van der Waals surface area contributed by atoms with Gasteiger partial charge in [-0.25, -0.2) is 4.98 Å². The van der Waals surface area contributed by atoms with Gasteiger partial charge in [0.2, 0.25) is 0 Å². The van der Waals surface area contributed by atoms with Crippen LogP contribution in [0, 0.1) is 0 Å². The number of likely N-dealkylation sites (tertiary alicyclic amines) is 1. The van der Waals surface area contributed by atoms with Crippen LogP contribution in [0.15, 0.2) is 48.7 Å². The van der Waals surface area contributed by atoms with Crippen LogP contribution in [0.4, 0.5) is 11.5 Å². The van der Waals surface area contributed by atoms with E-state index in [1.807, 2.05) is 6.20 Å². The van der Waals surface area contributed by atoms with Gasteiger partial charge in [0.1, 0.15) is 5.82 Å². The first-order valence-corrected chi connectivity index (χ1v) is 8.79. The fraction of sp³-hybridized carbons (Fsp3) is 0.450. The van der Waals surface area contributed by atoms with Crippen molar-refractivity contribution in [1.29, 1.82) is 0 Å². The summed E-state index contributed by atoms with van der Waals surface area (Å²) in [7, 11) is 2.12. The minimum Gasteiger partial charge on any atom is -0.329 e. The number of piperidine rings is 1. The maximum absolute atomic E-state index is 4.72. The highest BCUT2D eigenvalue weighted by molar-refractivity contribution is 5.62. The Morgan fingerprint density at radius 3 is 2.74 bits per heavy atom. The van der Waals surface area contributed by atoms with Gasteiger partial charge in [-0.1, -0.05) is 37.6 Å². The maximum atomic E-state index is 4.72. The topological polar surface area (TPSA) is 19.4 Å². The third-order valence-electron chi connectivity index (χ3n) is 4.76. The molecule has 0 saturated carbocycles. The lowest BCUT2D eigenvalue weighted by molar-refractivity contribution is 0.149. The lowest BCUT2D eigenvalue weighted by atomic mass is 9.95. The van der Waals surface area contributed by atoms with E-state index >= 15 is 0 Å². The van der Waals surface area contributed by atoms with E-state index < -0.39 is 0 Å². The zero-order valence-electron chi connectivity index (χ0n) is 14.3. The van der Waals surface area contributed by atoms with Gasteiger partial charge >= 0.3 is 0 Å². The normalized spacial score (nSPS) is 18.8. The number of aromatic nitrogens is 1. The first-order valence-electron chi connectivity index (χ1n) is 8.79. The molecule has 1 aromatic heterocycles. The first kappa shape index (κ1) is 16.0. The molecule has 1 aliphatic heterocycles. The summed E-state index contributed by atoms with van der Waals surface area (Å²) in [4.78, 5) is 9.58. The molecule has 0 amide bonds. The van der Waals surface area contributed by atoms with Crippen molar-refractivity contribution < 1.29 is 0 Å².